The van der Waals surface area contributed by atoms with Crippen molar-refractivity contribution in [2.45, 2.75) is 26.4 Å². The highest BCUT2D eigenvalue weighted by molar-refractivity contribution is 5.99. The van der Waals surface area contributed by atoms with Crippen LogP contribution in [-0.2, 0) is 6.42 Å². The molecule has 0 aliphatic heterocycles. The molecule has 2 aromatic rings. The van der Waals surface area contributed by atoms with Crippen LogP contribution in [0.1, 0.15) is 29.8 Å². The van der Waals surface area contributed by atoms with Crippen LogP contribution in [-0.4, -0.2) is 19.0 Å². The zero-order chi connectivity index (χ0) is 15.2. The second-order valence-corrected chi connectivity index (χ2v) is 4.85. The summed E-state index contributed by atoms with van der Waals surface area (Å²) in [5.41, 5.74) is 1.88. The van der Waals surface area contributed by atoms with E-state index in [-0.39, 0.29) is 5.78 Å². The molecule has 110 valence electrons. The summed E-state index contributed by atoms with van der Waals surface area (Å²) in [5.74, 6) is 1.31. The minimum Gasteiger partial charge on any atom is -0.497 e. The summed E-state index contributed by atoms with van der Waals surface area (Å²) in [6, 6.07) is 14.9. The van der Waals surface area contributed by atoms with E-state index in [9.17, 15) is 4.79 Å². The molecule has 1 atom stereocenters. The number of methoxy groups -OCH3 is 1. The topological polar surface area (TPSA) is 35.5 Å². The lowest BCUT2D eigenvalue weighted by atomic mass is 10.0. The Morgan fingerprint density at radius 2 is 1.76 bits per heavy atom. The zero-order valence-electron chi connectivity index (χ0n) is 12.6. The fourth-order valence-electron chi connectivity index (χ4n) is 2.07. The molecule has 0 amide bonds. The highest BCUT2D eigenvalue weighted by atomic mass is 16.5. The van der Waals surface area contributed by atoms with Gasteiger partial charge in [0.1, 0.15) is 11.5 Å². The van der Waals surface area contributed by atoms with Crippen LogP contribution >= 0.6 is 0 Å². The van der Waals surface area contributed by atoms with Gasteiger partial charge >= 0.3 is 0 Å². The van der Waals surface area contributed by atoms with Gasteiger partial charge in [-0.1, -0.05) is 37.3 Å². The molecule has 2 aromatic carbocycles. The second-order valence-electron chi connectivity index (χ2n) is 4.85. The maximum absolute atomic E-state index is 12.3. The lowest BCUT2D eigenvalue weighted by Gasteiger charge is -2.14. The first-order chi connectivity index (χ1) is 10.1. The van der Waals surface area contributed by atoms with Crippen LogP contribution in [0, 0.1) is 0 Å². The maximum atomic E-state index is 12.3. The number of Topliss-reactive ketones (excluding diaryl/α,β-unsaturated/α-hetero) is 1. The Labute approximate surface area is 125 Å². The molecular formula is C18H20O3. The average Bonchev–Trinajstić information content (AvgIpc) is 2.54. The smallest absolute Gasteiger partial charge is 0.202 e. The van der Waals surface area contributed by atoms with Crippen molar-refractivity contribution in [2.24, 2.45) is 0 Å². The number of ether oxygens (including phenoxy) is 2. The highest BCUT2D eigenvalue weighted by Gasteiger charge is 2.17. The van der Waals surface area contributed by atoms with Gasteiger partial charge in [-0.15, -0.1) is 0 Å². The number of ketones is 1. The Balaban J connectivity index is 2.07. The molecule has 3 heteroatoms. The molecule has 0 fully saturated rings. The Morgan fingerprint density at radius 3 is 2.38 bits per heavy atom. The third-order valence-electron chi connectivity index (χ3n) is 3.37. The Morgan fingerprint density at radius 1 is 1.10 bits per heavy atom. The minimum absolute atomic E-state index is 0.0273. The van der Waals surface area contributed by atoms with Gasteiger partial charge in [0.05, 0.1) is 7.11 Å². The van der Waals surface area contributed by atoms with Gasteiger partial charge in [0.25, 0.3) is 0 Å². The first-order valence-corrected chi connectivity index (χ1v) is 7.08. The van der Waals surface area contributed by atoms with E-state index < -0.39 is 6.10 Å². The van der Waals surface area contributed by atoms with Gasteiger partial charge in [0.15, 0.2) is 6.10 Å². The molecule has 21 heavy (non-hydrogen) atoms. The molecule has 0 saturated heterocycles. The lowest BCUT2D eigenvalue weighted by molar-refractivity contribution is 0.0817. The number of benzene rings is 2. The largest absolute Gasteiger partial charge is 0.497 e. The molecule has 2 rings (SSSR count). The number of aryl methyl sites for hydroxylation is 1. The van der Waals surface area contributed by atoms with E-state index in [4.69, 9.17) is 9.47 Å². The molecule has 0 aliphatic rings. The van der Waals surface area contributed by atoms with Crippen LogP contribution in [0.3, 0.4) is 0 Å². The molecule has 0 spiro atoms. The molecule has 0 bridgehead atoms. The maximum Gasteiger partial charge on any atom is 0.202 e. The fraction of sp³-hybridized carbons (Fsp3) is 0.278. The molecule has 0 N–H and O–H groups in total. The van der Waals surface area contributed by atoms with E-state index in [0.717, 1.165) is 6.42 Å². The standard InChI is InChI=1S/C18H20O3/c1-4-14-8-10-15(11-9-14)18(19)13(2)21-17-7-5-6-16(12-17)20-3/h5-13H,4H2,1-3H3. The van der Waals surface area contributed by atoms with Crippen LogP contribution < -0.4 is 9.47 Å². The summed E-state index contributed by atoms with van der Waals surface area (Å²) in [7, 11) is 1.60. The predicted octanol–water partition coefficient (Wildman–Crippen LogP) is 3.91. The first-order valence-electron chi connectivity index (χ1n) is 7.08. The average molecular weight is 284 g/mol. The number of carbonyl (C=O) groups is 1. The molecular weight excluding hydrogens is 264 g/mol. The number of hydrogen-bond acceptors (Lipinski definition) is 3. The Bertz CT molecular complexity index is 602. The highest BCUT2D eigenvalue weighted by Crippen LogP contribution is 2.21. The SMILES string of the molecule is CCc1ccc(C(=O)C(C)Oc2cccc(OC)c2)cc1. The lowest BCUT2D eigenvalue weighted by Crippen LogP contribution is -2.23. The first kappa shape index (κ1) is 15.1. The van der Waals surface area contributed by atoms with Crippen molar-refractivity contribution in [3.63, 3.8) is 0 Å². The van der Waals surface area contributed by atoms with Crippen molar-refractivity contribution >= 4 is 5.78 Å². The van der Waals surface area contributed by atoms with Gasteiger partial charge in [-0.25, -0.2) is 0 Å². The molecule has 0 saturated carbocycles. The Kier molecular flexibility index (Phi) is 4.99. The number of carbonyl (C=O) groups excluding carboxylic acids is 1. The van der Waals surface area contributed by atoms with Crippen molar-refractivity contribution in [1.82, 2.24) is 0 Å². The van der Waals surface area contributed by atoms with Gasteiger partial charge in [-0.3, -0.25) is 4.79 Å². The molecule has 0 aliphatic carbocycles. The van der Waals surface area contributed by atoms with Crippen molar-refractivity contribution in [2.75, 3.05) is 7.11 Å². The summed E-state index contributed by atoms with van der Waals surface area (Å²) in [4.78, 5) is 12.3. The summed E-state index contributed by atoms with van der Waals surface area (Å²) < 4.78 is 10.8. The van der Waals surface area contributed by atoms with Gasteiger partial charge in [0.2, 0.25) is 5.78 Å². The summed E-state index contributed by atoms with van der Waals surface area (Å²) in [5, 5.41) is 0. The number of hydrogen-bond donors (Lipinski definition) is 0. The molecule has 1 unspecified atom stereocenters. The van der Waals surface area contributed by atoms with E-state index >= 15 is 0 Å². The van der Waals surface area contributed by atoms with Crippen molar-refractivity contribution in [3.05, 3.63) is 59.7 Å². The summed E-state index contributed by atoms with van der Waals surface area (Å²) in [6.07, 6.45) is 0.425. The van der Waals surface area contributed by atoms with Crippen LogP contribution in [0.2, 0.25) is 0 Å². The van der Waals surface area contributed by atoms with Crippen molar-refractivity contribution in [3.8, 4) is 11.5 Å². The third-order valence-corrected chi connectivity index (χ3v) is 3.37. The molecule has 0 aromatic heterocycles. The quantitative estimate of drug-likeness (QED) is 0.754. The minimum atomic E-state index is -0.537. The van der Waals surface area contributed by atoms with Gasteiger partial charge in [-0.05, 0) is 31.0 Å². The number of rotatable bonds is 6. The fourth-order valence-corrected chi connectivity index (χ4v) is 2.07. The normalized spacial score (nSPS) is 11.8. The van der Waals surface area contributed by atoms with E-state index in [1.165, 1.54) is 5.56 Å². The van der Waals surface area contributed by atoms with Gasteiger partial charge in [-0.2, -0.15) is 0 Å². The van der Waals surface area contributed by atoms with Crippen molar-refractivity contribution < 1.29 is 14.3 Å². The van der Waals surface area contributed by atoms with Gasteiger partial charge in [0, 0.05) is 11.6 Å². The van der Waals surface area contributed by atoms with E-state index in [0.29, 0.717) is 17.1 Å². The monoisotopic (exact) mass is 284 g/mol. The molecule has 3 nitrogen and oxygen atoms in total. The van der Waals surface area contributed by atoms with E-state index in [1.54, 1.807) is 20.1 Å². The van der Waals surface area contributed by atoms with Crippen LogP contribution in [0.15, 0.2) is 48.5 Å². The van der Waals surface area contributed by atoms with Crippen LogP contribution in [0.4, 0.5) is 0 Å². The van der Waals surface area contributed by atoms with E-state index in [1.807, 2.05) is 42.5 Å². The predicted molar refractivity (Wildman–Crippen MR) is 83.2 cm³/mol. The summed E-state index contributed by atoms with van der Waals surface area (Å²) >= 11 is 0. The summed E-state index contributed by atoms with van der Waals surface area (Å²) in [6.45, 7) is 3.85. The molecule has 0 heterocycles. The second kappa shape index (κ2) is 6.93. The third kappa shape index (κ3) is 3.85. The van der Waals surface area contributed by atoms with Crippen LogP contribution in [0.25, 0.3) is 0 Å². The Hall–Kier alpha value is -2.29. The van der Waals surface area contributed by atoms with Gasteiger partial charge < -0.3 is 9.47 Å². The zero-order valence-corrected chi connectivity index (χ0v) is 12.6. The van der Waals surface area contributed by atoms with Crippen LogP contribution in [0.5, 0.6) is 11.5 Å². The molecule has 0 radical (unpaired) electrons. The van der Waals surface area contributed by atoms with E-state index in [2.05, 4.69) is 6.92 Å². The van der Waals surface area contributed by atoms with Crippen molar-refractivity contribution in [1.29, 1.82) is 0 Å².